The summed E-state index contributed by atoms with van der Waals surface area (Å²) in [5.74, 6) is -1.59. The summed E-state index contributed by atoms with van der Waals surface area (Å²) in [6.45, 7) is 0. The van der Waals surface area contributed by atoms with Crippen LogP contribution in [0, 0.1) is 17.1 Å². The van der Waals surface area contributed by atoms with Gasteiger partial charge in [-0.1, -0.05) is 12.1 Å². The van der Waals surface area contributed by atoms with Gasteiger partial charge in [-0.05, 0) is 35.4 Å². The first-order valence-corrected chi connectivity index (χ1v) is 5.68. The monoisotopic (exact) mass is 271 g/mol. The van der Waals surface area contributed by atoms with E-state index in [1.165, 1.54) is 31.4 Å². The average Bonchev–Trinajstić information content (AvgIpc) is 2.47. The van der Waals surface area contributed by atoms with Gasteiger partial charge in [0, 0.05) is 0 Å². The second kappa shape index (κ2) is 5.41. The third-order valence-electron chi connectivity index (χ3n) is 2.82. The number of carbonyl (C=O) groups is 1. The van der Waals surface area contributed by atoms with Crippen LogP contribution in [0.5, 0.6) is 5.75 Å². The lowest BCUT2D eigenvalue weighted by molar-refractivity contribution is 0.0595. The van der Waals surface area contributed by atoms with E-state index in [0.29, 0.717) is 11.1 Å². The van der Waals surface area contributed by atoms with Gasteiger partial charge in [0.25, 0.3) is 0 Å². The Morgan fingerprint density at radius 2 is 1.90 bits per heavy atom. The van der Waals surface area contributed by atoms with E-state index >= 15 is 0 Å². The van der Waals surface area contributed by atoms with Gasteiger partial charge in [-0.2, -0.15) is 5.26 Å². The van der Waals surface area contributed by atoms with Gasteiger partial charge < -0.3 is 9.84 Å². The lowest BCUT2D eigenvalue weighted by atomic mass is 10.0. The topological polar surface area (TPSA) is 70.3 Å². The normalized spacial score (nSPS) is 9.85. The van der Waals surface area contributed by atoms with Gasteiger partial charge in [-0.25, -0.2) is 9.18 Å². The Morgan fingerprint density at radius 1 is 1.25 bits per heavy atom. The molecule has 0 radical (unpaired) electrons. The van der Waals surface area contributed by atoms with E-state index in [1.807, 2.05) is 6.07 Å². The Kier molecular flexibility index (Phi) is 3.67. The predicted molar refractivity (Wildman–Crippen MR) is 69.6 cm³/mol. The number of esters is 1. The van der Waals surface area contributed by atoms with E-state index < -0.39 is 11.8 Å². The van der Waals surface area contributed by atoms with E-state index in [4.69, 9.17) is 5.26 Å². The van der Waals surface area contributed by atoms with Crippen LogP contribution in [0.15, 0.2) is 36.4 Å². The van der Waals surface area contributed by atoms with Crippen LogP contribution in [0.2, 0.25) is 0 Å². The smallest absolute Gasteiger partial charge is 0.340 e. The molecule has 100 valence electrons. The van der Waals surface area contributed by atoms with Gasteiger partial charge in [0.05, 0.1) is 18.2 Å². The molecule has 2 aromatic rings. The number of benzene rings is 2. The highest BCUT2D eigenvalue weighted by Gasteiger charge is 2.14. The van der Waals surface area contributed by atoms with Crippen LogP contribution in [0.1, 0.15) is 15.9 Å². The third-order valence-corrected chi connectivity index (χ3v) is 2.82. The standard InChI is InChI=1S/C15H10FNO3/c1-20-15(19)12-7-10(2-4-13(12)16)9-3-5-14(18)11(6-9)8-17/h2-7,18H,1H3. The van der Waals surface area contributed by atoms with Gasteiger partial charge in [-0.3, -0.25) is 0 Å². The zero-order valence-corrected chi connectivity index (χ0v) is 10.6. The van der Waals surface area contributed by atoms with Crippen LogP contribution in [-0.4, -0.2) is 18.2 Å². The van der Waals surface area contributed by atoms with Crippen molar-refractivity contribution in [2.24, 2.45) is 0 Å². The first-order chi connectivity index (χ1) is 9.56. The molecule has 0 aromatic heterocycles. The van der Waals surface area contributed by atoms with Crippen LogP contribution < -0.4 is 0 Å². The minimum Gasteiger partial charge on any atom is -0.507 e. The molecule has 0 saturated carbocycles. The van der Waals surface area contributed by atoms with E-state index in [9.17, 15) is 14.3 Å². The Morgan fingerprint density at radius 3 is 2.55 bits per heavy atom. The molecule has 0 aliphatic heterocycles. The van der Waals surface area contributed by atoms with Crippen molar-refractivity contribution in [3.63, 3.8) is 0 Å². The van der Waals surface area contributed by atoms with Crippen LogP contribution in [-0.2, 0) is 4.74 Å². The maximum absolute atomic E-state index is 13.5. The summed E-state index contributed by atoms with van der Waals surface area (Å²) in [7, 11) is 1.17. The molecular formula is C15H10FNO3. The third kappa shape index (κ3) is 2.45. The van der Waals surface area contributed by atoms with Gasteiger partial charge in [0.2, 0.25) is 0 Å². The number of aromatic hydroxyl groups is 1. The van der Waals surface area contributed by atoms with Gasteiger partial charge >= 0.3 is 5.97 Å². The molecular weight excluding hydrogens is 261 g/mol. The Hall–Kier alpha value is -2.87. The second-order valence-electron chi connectivity index (χ2n) is 4.03. The number of hydrogen-bond donors (Lipinski definition) is 1. The summed E-state index contributed by atoms with van der Waals surface area (Å²) >= 11 is 0. The Labute approximate surface area is 114 Å². The molecule has 20 heavy (non-hydrogen) atoms. The maximum atomic E-state index is 13.5. The molecule has 0 atom stereocenters. The van der Waals surface area contributed by atoms with Crippen molar-refractivity contribution >= 4 is 5.97 Å². The number of methoxy groups -OCH3 is 1. The molecule has 4 nitrogen and oxygen atoms in total. The van der Waals surface area contributed by atoms with Gasteiger partial charge in [-0.15, -0.1) is 0 Å². The van der Waals surface area contributed by atoms with E-state index in [1.54, 1.807) is 6.07 Å². The molecule has 5 heteroatoms. The predicted octanol–water partition coefficient (Wildman–Crippen LogP) is 2.86. The van der Waals surface area contributed by atoms with Crippen molar-refractivity contribution in [3.8, 4) is 22.9 Å². The average molecular weight is 271 g/mol. The maximum Gasteiger partial charge on any atom is 0.340 e. The summed E-state index contributed by atoms with van der Waals surface area (Å²) in [6.07, 6.45) is 0. The highest BCUT2D eigenvalue weighted by molar-refractivity contribution is 5.91. The van der Waals surface area contributed by atoms with Crippen LogP contribution in [0.25, 0.3) is 11.1 Å². The minimum atomic E-state index is -0.774. The number of carbonyl (C=O) groups excluding carboxylic acids is 1. The zero-order valence-electron chi connectivity index (χ0n) is 10.6. The molecule has 0 aliphatic rings. The van der Waals surface area contributed by atoms with E-state index in [0.717, 1.165) is 6.07 Å². The van der Waals surface area contributed by atoms with Gasteiger partial charge in [0.15, 0.2) is 0 Å². The fourth-order valence-electron chi connectivity index (χ4n) is 1.78. The van der Waals surface area contributed by atoms with Crippen molar-refractivity contribution in [2.75, 3.05) is 7.11 Å². The lowest BCUT2D eigenvalue weighted by Gasteiger charge is -2.07. The number of phenolic OH excluding ortho intramolecular Hbond substituents is 1. The Balaban J connectivity index is 2.54. The highest BCUT2D eigenvalue weighted by atomic mass is 19.1. The quantitative estimate of drug-likeness (QED) is 0.852. The summed E-state index contributed by atoms with van der Waals surface area (Å²) in [6, 6.07) is 10.2. The molecule has 0 spiro atoms. The number of halogens is 1. The van der Waals surface area contributed by atoms with Crippen LogP contribution in [0.4, 0.5) is 4.39 Å². The molecule has 1 N–H and O–H groups in total. The molecule has 0 aliphatic carbocycles. The second-order valence-corrected chi connectivity index (χ2v) is 4.03. The fraction of sp³-hybridized carbons (Fsp3) is 0.0667. The SMILES string of the molecule is COC(=O)c1cc(-c2ccc(O)c(C#N)c2)ccc1F. The molecule has 0 unspecified atom stereocenters. The van der Waals surface area contributed by atoms with Crippen molar-refractivity contribution in [1.82, 2.24) is 0 Å². The molecule has 0 amide bonds. The van der Waals surface area contributed by atoms with Gasteiger partial charge in [0.1, 0.15) is 17.6 Å². The van der Waals surface area contributed by atoms with E-state index in [-0.39, 0.29) is 16.9 Å². The number of nitriles is 1. The number of rotatable bonds is 2. The summed E-state index contributed by atoms with van der Waals surface area (Å²) in [5.41, 5.74) is 1.05. The zero-order chi connectivity index (χ0) is 14.7. The molecule has 0 heterocycles. The molecule has 0 bridgehead atoms. The van der Waals surface area contributed by atoms with E-state index in [2.05, 4.69) is 4.74 Å². The highest BCUT2D eigenvalue weighted by Crippen LogP contribution is 2.27. The molecule has 0 fully saturated rings. The largest absolute Gasteiger partial charge is 0.507 e. The van der Waals surface area contributed by atoms with Crippen molar-refractivity contribution in [1.29, 1.82) is 5.26 Å². The molecule has 2 aromatic carbocycles. The van der Waals surface area contributed by atoms with Crippen molar-refractivity contribution < 1.29 is 19.0 Å². The lowest BCUT2D eigenvalue weighted by Crippen LogP contribution is -2.04. The number of nitrogens with zero attached hydrogens (tertiary/aromatic N) is 1. The first kappa shape index (κ1) is 13.6. The van der Waals surface area contributed by atoms with Crippen molar-refractivity contribution in [2.45, 2.75) is 0 Å². The number of hydrogen-bond acceptors (Lipinski definition) is 4. The minimum absolute atomic E-state index is 0.103. The summed E-state index contributed by atoms with van der Waals surface area (Å²) in [5, 5.41) is 18.3. The number of phenols is 1. The first-order valence-electron chi connectivity index (χ1n) is 5.68. The molecule has 0 saturated heterocycles. The van der Waals surface area contributed by atoms with Crippen molar-refractivity contribution in [3.05, 3.63) is 53.3 Å². The van der Waals surface area contributed by atoms with Crippen LogP contribution in [0.3, 0.4) is 0 Å². The Bertz CT molecular complexity index is 720. The summed E-state index contributed by atoms with van der Waals surface area (Å²) < 4.78 is 18.0. The fourth-order valence-corrected chi connectivity index (χ4v) is 1.78. The number of ether oxygens (including phenoxy) is 1. The van der Waals surface area contributed by atoms with Crippen LogP contribution >= 0.6 is 0 Å². The molecule has 2 rings (SSSR count). The summed E-state index contributed by atoms with van der Waals surface area (Å²) in [4.78, 5) is 11.4.